The molecular formula is C33H39F3N4O4. The van der Waals surface area contributed by atoms with E-state index in [4.69, 9.17) is 4.74 Å². The van der Waals surface area contributed by atoms with Crippen LogP contribution in [0.4, 0.5) is 18.9 Å². The first-order valence-electron chi connectivity index (χ1n) is 15.2. The minimum absolute atomic E-state index is 0.0302. The number of carbonyl (C=O) groups excluding carboxylic acids is 3. The molecule has 8 nitrogen and oxygen atoms in total. The van der Waals surface area contributed by atoms with Crippen LogP contribution in [0.5, 0.6) is 0 Å². The summed E-state index contributed by atoms with van der Waals surface area (Å²) in [5, 5.41) is 8.70. The van der Waals surface area contributed by atoms with E-state index in [1.807, 2.05) is 47.4 Å². The third kappa shape index (κ3) is 7.87. The van der Waals surface area contributed by atoms with Gasteiger partial charge in [0.25, 0.3) is 0 Å². The summed E-state index contributed by atoms with van der Waals surface area (Å²) in [4.78, 5) is 42.2. The van der Waals surface area contributed by atoms with Gasteiger partial charge in [0.1, 0.15) is 6.04 Å². The van der Waals surface area contributed by atoms with Gasteiger partial charge in [-0.2, -0.15) is 13.2 Å². The molecule has 2 aromatic rings. The zero-order chi connectivity index (χ0) is 31.2. The molecule has 2 aromatic carbocycles. The van der Waals surface area contributed by atoms with Crippen LogP contribution in [0.25, 0.3) is 0 Å². The quantitative estimate of drug-likeness (QED) is 0.437. The number of halogens is 3. The van der Waals surface area contributed by atoms with Crippen molar-refractivity contribution in [3.63, 3.8) is 0 Å². The predicted molar refractivity (Wildman–Crippen MR) is 159 cm³/mol. The Labute approximate surface area is 255 Å². The Hall–Kier alpha value is -3.70. The van der Waals surface area contributed by atoms with E-state index in [0.717, 1.165) is 11.6 Å². The molecule has 0 saturated carbocycles. The number of carbonyl (C=O) groups is 3. The van der Waals surface area contributed by atoms with Crippen molar-refractivity contribution in [2.75, 3.05) is 38.2 Å². The summed E-state index contributed by atoms with van der Waals surface area (Å²) in [6.45, 7) is 1.86. The molecule has 3 aliphatic heterocycles. The van der Waals surface area contributed by atoms with Gasteiger partial charge in [-0.1, -0.05) is 54.6 Å². The van der Waals surface area contributed by atoms with Gasteiger partial charge >= 0.3 is 6.18 Å². The monoisotopic (exact) mass is 612 g/mol. The molecule has 2 fully saturated rings. The molecule has 0 bridgehead atoms. The second-order valence-corrected chi connectivity index (χ2v) is 12.0. The van der Waals surface area contributed by atoms with E-state index in [1.165, 1.54) is 18.2 Å². The van der Waals surface area contributed by atoms with Gasteiger partial charge in [0.2, 0.25) is 17.7 Å². The first kappa shape index (κ1) is 31.7. The number of ether oxygens (including phenoxy) is 1. The number of likely N-dealkylation sites (tertiary alicyclic amines) is 1. The number of piperidine rings is 1. The Balaban J connectivity index is 1.31. The van der Waals surface area contributed by atoms with E-state index >= 15 is 0 Å². The van der Waals surface area contributed by atoms with E-state index in [1.54, 1.807) is 0 Å². The first-order valence-corrected chi connectivity index (χ1v) is 15.2. The number of allylic oxidation sites excluding steroid dienone is 2. The molecule has 0 unspecified atom stereocenters. The van der Waals surface area contributed by atoms with E-state index in [2.05, 4.69) is 16.0 Å². The molecule has 44 heavy (non-hydrogen) atoms. The maximum absolute atomic E-state index is 13.7. The average molecular weight is 613 g/mol. The van der Waals surface area contributed by atoms with Gasteiger partial charge in [-0.3, -0.25) is 19.3 Å². The highest BCUT2D eigenvalue weighted by atomic mass is 19.4. The van der Waals surface area contributed by atoms with Crippen molar-refractivity contribution in [2.24, 2.45) is 11.3 Å². The topological polar surface area (TPSA) is 99.8 Å². The Kier molecular flexibility index (Phi) is 10.1. The van der Waals surface area contributed by atoms with Gasteiger partial charge in [-0.25, -0.2) is 0 Å². The maximum Gasteiger partial charge on any atom is 0.418 e. The van der Waals surface area contributed by atoms with E-state index in [-0.39, 0.29) is 36.0 Å². The standard InChI is InChI=1S/C33H39F3N4O4/c34-33(35,36)25-11-4-5-12-27(25)37-29(41)22-40-17-13-26-24(21-40)10-6-7-14-32(15-18-44-19-16-32)31(43)39-28(30(42)38-26)20-23-8-2-1-3-9-23/h1-9,11-12,24,26,28H,10,13-22H2,(H,37,41)(H,38,42)(H,39,43)/b7-6+/t24-,26+,28-/m1/s1. The van der Waals surface area contributed by atoms with Crippen molar-refractivity contribution >= 4 is 23.4 Å². The number of amides is 3. The second kappa shape index (κ2) is 13.9. The SMILES string of the molecule is O=C(CN1CC[C@@H]2NC(=O)[C@@H](Cc3ccccc3)NC(=O)C3(C/C=C/C[C@@H]2C1)CCOCC3)Nc1ccccc1C(F)(F)F. The molecule has 3 atom stereocenters. The summed E-state index contributed by atoms with van der Waals surface area (Å²) < 4.78 is 45.8. The molecule has 1 spiro atoms. The predicted octanol–water partition coefficient (Wildman–Crippen LogP) is 4.32. The summed E-state index contributed by atoms with van der Waals surface area (Å²) >= 11 is 0. The fourth-order valence-corrected chi connectivity index (χ4v) is 6.43. The first-order chi connectivity index (χ1) is 21.1. The lowest BCUT2D eigenvalue weighted by Crippen LogP contribution is -2.58. The van der Waals surface area contributed by atoms with Crippen LogP contribution in [0.15, 0.2) is 66.7 Å². The number of benzene rings is 2. The highest BCUT2D eigenvalue weighted by molar-refractivity contribution is 5.93. The molecule has 3 aliphatic rings. The van der Waals surface area contributed by atoms with Crippen LogP contribution in [-0.4, -0.2) is 67.6 Å². The van der Waals surface area contributed by atoms with Crippen LogP contribution in [0.2, 0.25) is 0 Å². The Morgan fingerprint density at radius 3 is 2.48 bits per heavy atom. The lowest BCUT2D eigenvalue weighted by atomic mass is 9.75. The smallest absolute Gasteiger partial charge is 0.381 e. The molecule has 0 radical (unpaired) electrons. The fourth-order valence-electron chi connectivity index (χ4n) is 6.43. The molecule has 236 valence electrons. The van der Waals surface area contributed by atoms with Crippen LogP contribution in [-0.2, 0) is 31.7 Å². The molecule has 5 rings (SSSR count). The van der Waals surface area contributed by atoms with Crippen LogP contribution >= 0.6 is 0 Å². The maximum atomic E-state index is 13.7. The Morgan fingerprint density at radius 1 is 1.00 bits per heavy atom. The van der Waals surface area contributed by atoms with Crippen molar-refractivity contribution < 1.29 is 32.3 Å². The van der Waals surface area contributed by atoms with Crippen LogP contribution < -0.4 is 16.0 Å². The van der Waals surface area contributed by atoms with E-state index < -0.39 is 29.1 Å². The summed E-state index contributed by atoms with van der Waals surface area (Å²) in [7, 11) is 0. The summed E-state index contributed by atoms with van der Waals surface area (Å²) in [5.74, 6) is -0.942. The van der Waals surface area contributed by atoms with Crippen molar-refractivity contribution in [1.82, 2.24) is 15.5 Å². The molecule has 11 heteroatoms. The van der Waals surface area contributed by atoms with Gasteiger partial charge in [0.05, 0.1) is 23.2 Å². The molecule has 3 amide bonds. The Bertz CT molecular complexity index is 1340. The lowest BCUT2D eigenvalue weighted by Gasteiger charge is -2.40. The van der Waals surface area contributed by atoms with Gasteiger partial charge < -0.3 is 20.7 Å². The largest absolute Gasteiger partial charge is 0.418 e. The zero-order valence-electron chi connectivity index (χ0n) is 24.6. The number of alkyl halides is 3. The summed E-state index contributed by atoms with van der Waals surface area (Å²) in [6.07, 6.45) is 2.69. The third-order valence-electron chi connectivity index (χ3n) is 8.97. The number of para-hydroxylation sites is 1. The van der Waals surface area contributed by atoms with Gasteiger partial charge in [0.15, 0.2) is 0 Å². The van der Waals surface area contributed by atoms with Crippen molar-refractivity contribution in [1.29, 1.82) is 0 Å². The number of anilines is 1. The van der Waals surface area contributed by atoms with Crippen LogP contribution in [0, 0.1) is 11.3 Å². The molecule has 3 heterocycles. The van der Waals surface area contributed by atoms with Crippen LogP contribution in [0.3, 0.4) is 0 Å². The fraction of sp³-hybridized carbons (Fsp3) is 0.485. The molecule has 0 aromatic heterocycles. The highest BCUT2D eigenvalue weighted by Gasteiger charge is 2.42. The number of nitrogens with zero attached hydrogens (tertiary/aromatic N) is 1. The Morgan fingerprint density at radius 2 is 1.73 bits per heavy atom. The molecule has 3 N–H and O–H groups in total. The summed E-state index contributed by atoms with van der Waals surface area (Å²) in [5.41, 5.74) is -0.884. The zero-order valence-corrected chi connectivity index (χ0v) is 24.6. The number of hydrogen-bond donors (Lipinski definition) is 3. The minimum atomic E-state index is -4.58. The molecular weight excluding hydrogens is 573 g/mol. The van der Waals surface area contributed by atoms with Crippen LogP contribution in [0.1, 0.15) is 43.2 Å². The number of fused-ring (bicyclic) bond motifs is 1. The van der Waals surface area contributed by atoms with Crippen molar-refractivity contribution in [2.45, 2.75) is 56.8 Å². The number of rotatable bonds is 5. The summed E-state index contributed by atoms with van der Waals surface area (Å²) in [6, 6.07) is 13.6. The highest BCUT2D eigenvalue weighted by Crippen LogP contribution is 2.36. The molecule has 2 saturated heterocycles. The van der Waals surface area contributed by atoms with Gasteiger partial charge in [-0.15, -0.1) is 0 Å². The normalized spacial score (nSPS) is 25.5. The number of hydrogen-bond acceptors (Lipinski definition) is 5. The van der Waals surface area contributed by atoms with Gasteiger partial charge in [0, 0.05) is 38.8 Å². The average Bonchev–Trinajstić information content (AvgIpc) is 3.00. The van der Waals surface area contributed by atoms with E-state index in [9.17, 15) is 27.6 Å². The van der Waals surface area contributed by atoms with Crippen molar-refractivity contribution in [3.05, 3.63) is 77.9 Å². The van der Waals surface area contributed by atoms with E-state index in [0.29, 0.717) is 64.8 Å². The van der Waals surface area contributed by atoms with Crippen molar-refractivity contribution in [3.8, 4) is 0 Å². The number of nitrogens with one attached hydrogen (secondary N) is 3. The lowest BCUT2D eigenvalue weighted by molar-refractivity contribution is -0.140. The third-order valence-corrected chi connectivity index (χ3v) is 8.97. The second-order valence-electron chi connectivity index (χ2n) is 12.0. The minimum Gasteiger partial charge on any atom is -0.381 e. The molecule has 0 aliphatic carbocycles. The van der Waals surface area contributed by atoms with Gasteiger partial charge in [-0.05, 0) is 55.7 Å².